The molecule has 1 aromatic carbocycles. The first-order valence-electron chi connectivity index (χ1n) is 9.44. The summed E-state index contributed by atoms with van der Waals surface area (Å²) in [6.07, 6.45) is 5.24. The zero-order valence-corrected chi connectivity index (χ0v) is 15.9. The molecule has 136 valence electrons. The van der Waals surface area contributed by atoms with Crippen LogP contribution in [0.15, 0.2) is 29.2 Å². The molecule has 1 amide bonds. The molecule has 1 aliphatic carbocycles. The molecule has 2 saturated heterocycles. The van der Waals surface area contributed by atoms with Gasteiger partial charge in [-0.05, 0) is 62.6 Å². The van der Waals surface area contributed by atoms with E-state index in [1.807, 2.05) is 12.1 Å². The average molecular weight is 363 g/mol. The smallest absolute Gasteiger partial charge is 0.223 e. The summed E-state index contributed by atoms with van der Waals surface area (Å²) in [7, 11) is 0. The number of likely N-dealkylation sites (tertiary alicyclic amines) is 1. The highest BCUT2D eigenvalue weighted by Gasteiger charge is 2.55. The molecule has 3 aliphatic rings. The van der Waals surface area contributed by atoms with Gasteiger partial charge in [0.1, 0.15) is 5.82 Å². The lowest BCUT2D eigenvalue weighted by atomic mass is 9.61. The summed E-state index contributed by atoms with van der Waals surface area (Å²) in [4.78, 5) is 15.5. The van der Waals surface area contributed by atoms with Crippen LogP contribution in [0.25, 0.3) is 0 Å². The third-order valence-electron chi connectivity index (χ3n) is 6.18. The number of hydrogen-bond donors (Lipinski definition) is 0. The predicted octanol–water partition coefficient (Wildman–Crippen LogP) is 4.33. The van der Waals surface area contributed by atoms with Crippen LogP contribution in [0.4, 0.5) is 4.39 Å². The average Bonchev–Trinajstić information content (AvgIpc) is 2.61. The van der Waals surface area contributed by atoms with E-state index < -0.39 is 0 Å². The molecule has 5 heteroatoms. The summed E-state index contributed by atoms with van der Waals surface area (Å²) in [5.74, 6) is 0.734. The Bertz CT molecular complexity index is 653. The van der Waals surface area contributed by atoms with Gasteiger partial charge in [0.05, 0.1) is 4.90 Å². The van der Waals surface area contributed by atoms with Gasteiger partial charge in [0, 0.05) is 37.0 Å². The summed E-state index contributed by atoms with van der Waals surface area (Å²) in [5.41, 5.74) is 0.362. The van der Waals surface area contributed by atoms with Crippen LogP contribution in [0.5, 0.6) is 0 Å². The zero-order chi connectivity index (χ0) is 17.6. The summed E-state index contributed by atoms with van der Waals surface area (Å²) in [6.45, 7) is 6.42. The lowest BCUT2D eigenvalue weighted by molar-refractivity contribution is -0.146. The van der Waals surface area contributed by atoms with Crippen LogP contribution in [0, 0.1) is 17.2 Å². The van der Waals surface area contributed by atoms with Crippen molar-refractivity contribution in [3.8, 4) is 0 Å². The third-order valence-corrected chi connectivity index (χ3v) is 7.23. The normalized spacial score (nSPS) is 30.0. The van der Waals surface area contributed by atoms with Crippen molar-refractivity contribution in [1.82, 2.24) is 9.21 Å². The first-order valence-corrected chi connectivity index (χ1v) is 10.2. The number of carbonyl (C=O) groups is 1. The highest BCUT2D eigenvalue weighted by molar-refractivity contribution is 7.97. The molecule has 1 aromatic rings. The van der Waals surface area contributed by atoms with E-state index in [0.29, 0.717) is 40.6 Å². The third kappa shape index (κ3) is 3.33. The van der Waals surface area contributed by atoms with Crippen LogP contribution in [0.3, 0.4) is 0 Å². The van der Waals surface area contributed by atoms with E-state index in [9.17, 15) is 9.18 Å². The second-order valence-corrected chi connectivity index (χ2v) is 9.56. The Kier molecular flexibility index (Phi) is 4.57. The molecular weight excluding hydrogens is 335 g/mol. The minimum Gasteiger partial charge on any atom is -0.337 e. The maximum Gasteiger partial charge on any atom is 0.223 e. The Labute approximate surface area is 154 Å². The molecule has 1 spiro atoms. The molecule has 2 heterocycles. The summed E-state index contributed by atoms with van der Waals surface area (Å²) >= 11 is 1.53. The molecule has 2 unspecified atom stereocenters. The quantitative estimate of drug-likeness (QED) is 0.748. The van der Waals surface area contributed by atoms with Crippen molar-refractivity contribution in [2.75, 3.05) is 13.1 Å². The van der Waals surface area contributed by atoms with Gasteiger partial charge in [0.25, 0.3) is 0 Å². The molecule has 3 nitrogen and oxygen atoms in total. The van der Waals surface area contributed by atoms with Crippen LogP contribution in [-0.4, -0.2) is 40.3 Å². The molecule has 0 radical (unpaired) electrons. The van der Waals surface area contributed by atoms with Gasteiger partial charge in [-0.15, -0.1) is 0 Å². The molecule has 0 N–H and O–H groups in total. The molecule has 2 atom stereocenters. The SMILES string of the molecule is CC1CCC(C)N(C2CC3(C2)CN(Sc2ccccc2F)C3)C(=O)C1. The second kappa shape index (κ2) is 6.58. The van der Waals surface area contributed by atoms with Crippen molar-refractivity contribution in [2.45, 2.75) is 62.9 Å². The Balaban J connectivity index is 1.31. The van der Waals surface area contributed by atoms with Crippen molar-refractivity contribution in [1.29, 1.82) is 0 Å². The van der Waals surface area contributed by atoms with Gasteiger partial charge in [-0.2, -0.15) is 0 Å². The van der Waals surface area contributed by atoms with Gasteiger partial charge in [-0.3, -0.25) is 4.79 Å². The minimum atomic E-state index is -0.141. The number of carbonyl (C=O) groups excluding carboxylic acids is 1. The van der Waals surface area contributed by atoms with Crippen LogP contribution in [0.1, 0.15) is 46.0 Å². The van der Waals surface area contributed by atoms with E-state index in [2.05, 4.69) is 23.1 Å². The number of amides is 1. The summed E-state index contributed by atoms with van der Waals surface area (Å²) in [6, 6.07) is 7.77. The molecular formula is C20H27FN2OS. The molecule has 0 bridgehead atoms. The van der Waals surface area contributed by atoms with Crippen molar-refractivity contribution in [3.05, 3.63) is 30.1 Å². The zero-order valence-electron chi connectivity index (χ0n) is 15.1. The fourth-order valence-electron chi connectivity index (χ4n) is 4.80. The second-order valence-electron chi connectivity index (χ2n) is 8.42. The standard InChI is InChI=1S/C20H27FN2OS/c1-14-7-8-15(2)23(19(24)9-14)16-10-20(11-16)12-22(13-20)25-18-6-4-3-5-17(18)21/h3-6,14-16H,7-13H2,1-2H3. The fraction of sp³-hybridized carbons (Fsp3) is 0.650. The molecule has 1 saturated carbocycles. The fourth-order valence-corrected chi connectivity index (χ4v) is 6.05. The number of halogens is 1. The van der Waals surface area contributed by atoms with Crippen LogP contribution in [-0.2, 0) is 4.79 Å². The molecule has 0 aromatic heterocycles. The Morgan fingerprint density at radius 3 is 2.60 bits per heavy atom. The van der Waals surface area contributed by atoms with Crippen LogP contribution < -0.4 is 0 Å². The lowest BCUT2D eigenvalue weighted by Gasteiger charge is -2.61. The highest BCUT2D eigenvalue weighted by Crippen LogP contribution is 2.53. The van der Waals surface area contributed by atoms with Gasteiger partial charge < -0.3 is 4.90 Å². The van der Waals surface area contributed by atoms with E-state index in [1.165, 1.54) is 18.0 Å². The van der Waals surface area contributed by atoms with E-state index in [4.69, 9.17) is 0 Å². The summed E-state index contributed by atoms with van der Waals surface area (Å²) < 4.78 is 16.0. The maximum atomic E-state index is 13.8. The van der Waals surface area contributed by atoms with Crippen LogP contribution >= 0.6 is 11.9 Å². The molecule has 4 rings (SSSR count). The number of benzene rings is 1. The van der Waals surface area contributed by atoms with E-state index >= 15 is 0 Å². The predicted molar refractivity (Wildman–Crippen MR) is 98.6 cm³/mol. The van der Waals surface area contributed by atoms with Gasteiger partial charge in [-0.1, -0.05) is 19.1 Å². The Morgan fingerprint density at radius 1 is 1.16 bits per heavy atom. The van der Waals surface area contributed by atoms with Crippen molar-refractivity contribution < 1.29 is 9.18 Å². The van der Waals surface area contributed by atoms with Gasteiger partial charge >= 0.3 is 0 Å². The lowest BCUT2D eigenvalue weighted by Crippen LogP contribution is -2.66. The first kappa shape index (κ1) is 17.3. The Hall–Kier alpha value is -1.07. The maximum absolute atomic E-state index is 13.8. The van der Waals surface area contributed by atoms with Gasteiger partial charge in [0.15, 0.2) is 0 Å². The molecule has 25 heavy (non-hydrogen) atoms. The van der Waals surface area contributed by atoms with Crippen molar-refractivity contribution in [2.24, 2.45) is 11.3 Å². The molecule has 2 aliphatic heterocycles. The topological polar surface area (TPSA) is 23.6 Å². The molecule has 3 fully saturated rings. The van der Waals surface area contributed by atoms with Gasteiger partial charge in [0.2, 0.25) is 5.91 Å². The summed E-state index contributed by atoms with van der Waals surface area (Å²) in [5, 5.41) is 0. The Morgan fingerprint density at radius 2 is 1.88 bits per heavy atom. The minimum absolute atomic E-state index is 0.141. The van der Waals surface area contributed by atoms with Crippen molar-refractivity contribution in [3.63, 3.8) is 0 Å². The number of rotatable bonds is 3. The number of hydrogen-bond acceptors (Lipinski definition) is 3. The highest BCUT2D eigenvalue weighted by atomic mass is 32.2. The first-order chi connectivity index (χ1) is 12.0. The van der Waals surface area contributed by atoms with E-state index in [1.54, 1.807) is 6.07 Å². The monoisotopic (exact) mass is 362 g/mol. The van der Waals surface area contributed by atoms with Gasteiger partial charge in [-0.25, -0.2) is 8.70 Å². The van der Waals surface area contributed by atoms with Crippen molar-refractivity contribution >= 4 is 17.9 Å². The van der Waals surface area contributed by atoms with Crippen LogP contribution in [0.2, 0.25) is 0 Å². The van der Waals surface area contributed by atoms with E-state index in [0.717, 1.165) is 38.8 Å². The van der Waals surface area contributed by atoms with E-state index in [-0.39, 0.29) is 5.82 Å². The largest absolute Gasteiger partial charge is 0.337 e. The number of nitrogens with zero attached hydrogens (tertiary/aromatic N) is 2.